The molecule has 0 aromatic rings. The molecule has 0 saturated heterocycles. The molecule has 6 heteroatoms. The zero-order chi connectivity index (χ0) is 9.28. The maximum absolute atomic E-state index is 9.00. The van der Waals surface area contributed by atoms with Crippen LogP contribution in [0, 0.1) is 0 Å². The molecule has 0 aliphatic rings. The Hall–Kier alpha value is -0.220. The van der Waals surface area contributed by atoms with Gasteiger partial charge in [-0.3, -0.25) is 4.79 Å². The zero-order valence-electron chi connectivity index (χ0n) is 7.03. The molecular weight excluding hydrogens is 171 g/mol. The van der Waals surface area contributed by atoms with Crippen LogP contribution >= 0.6 is 8.60 Å². The van der Waals surface area contributed by atoms with Gasteiger partial charge in [0, 0.05) is 28.3 Å². The van der Waals surface area contributed by atoms with Gasteiger partial charge in [0.05, 0.1) is 0 Å². The topological polar surface area (TPSA) is 65.0 Å². The molecule has 0 saturated carbocycles. The second kappa shape index (κ2) is 9.78. The first kappa shape index (κ1) is 13.4. The van der Waals surface area contributed by atoms with Crippen LogP contribution in [0.5, 0.6) is 0 Å². The minimum absolute atomic E-state index is 0.833. The first-order valence-corrected chi connectivity index (χ1v) is 3.80. The molecule has 1 N–H and O–H groups in total. The standard InChI is InChI=1S/C3H9O3P.C2H4O2/c1-4-7(5-2)6-3;1-2(3)4/h1-3H3;1H3,(H,3,4). The predicted octanol–water partition coefficient (Wildman–Crippen LogP) is 1.24. The highest BCUT2D eigenvalue weighted by Gasteiger charge is 2.00. The third kappa shape index (κ3) is 17.7. The fraction of sp³-hybridized carbons (Fsp3) is 0.800. The van der Waals surface area contributed by atoms with Crippen molar-refractivity contribution in [3.63, 3.8) is 0 Å². The van der Waals surface area contributed by atoms with Gasteiger partial charge in [0.2, 0.25) is 0 Å². The van der Waals surface area contributed by atoms with Gasteiger partial charge in [-0.2, -0.15) is 0 Å². The molecule has 0 aliphatic carbocycles. The highest BCUT2D eigenvalue weighted by Crippen LogP contribution is 2.35. The molecule has 0 bridgehead atoms. The van der Waals surface area contributed by atoms with Crippen molar-refractivity contribution in [2.45, 2.75) is 6.92 Å². The van der Waals surface area contributed by atoms with Crippen molar-refractivity contribution in [3.8, 4) is 0 Å². The molecule has 5 nitrogen and oxygen atoms in total. The van der Waals surface area contributed by atoms with E-state index in [-0.39, 0.29) is 0 Å². The molecule has 0 heterocycles. The third-order valence-corrected chi connectivity index (χ3v) is 1.34. The lowest BCUT2D eigenvalue weighted by Gasteiger charge is -2.05. The summed E-state index contributed by atoms with van der Waals surface area (Å²) in [6.45, 7) is 1.08. The van der Waals surface area contributed by atoms with Gasteiger partial charge in [0.25, 0.3) is 5.97 Å². The van der Waals surface area contributed by atoms with E-state index in [1.165, 1.54) is 0 Å². The summed E-state index contributed by atoms with van der Waals surface area (Å²) >= 11 is 0. The molecule has 68 valence electrons. The minimum atomic E-state index is -1.05. The molecule has 0 aromatic carbocycles. The summed E-state index contributed by atoms with van der Waals surface area (Å²) in [4.78, 5) is 9.00. The Balaban J connectivity index is 0. The van der Waals surface area contributed by atoms with Crippen molar-refractivity contribution in [3.05, 3.63) is 0 Å². The largest absolute Gasteiger partial charge is 0.481 e. The third-order valence-electron chi connectivity index (χ3n) is 0.447. The summed E-state index contributed by atoms with van der Waals surface area (Å²) in [5.41, 5.74) is 0. The summed E-state index contributed by atoms with van der Waals surface area (Å²) in [5, 5.41) is 7.42. The van der Waals surface area contributed by atoms with Gasteiger partial charge in [-0.15, -0.1) is 0 Å². The summed E-state index contributed by atoms with van der Waals surface area (Å²) in [6.07, 6.45) is 0. The Morgan fingerprint density at radius 2 is 1.36 bits per heavy atom. The highest BCUT2D eigenvalue weighted by atomic mass is 31.2. The normalized spacial score (nSPS) is 8.82. The number of carbonyl (C=O) groups is 1. The van der Waals surface area contributed by atoms with Gasteiger partial charge >= 0.3 is 8.60 Å². The summed E-state index contributed by atoms with van der Waals surface area (Å²) < 4.78 is 14.0. The van der Waals surface area contributed by atoms with Crippen LogP contribution in [0.3, 0.4) is 0 Å². The molecule has 0 rings (SSSR count). The Morgan fingerprint density at radius 3 is 1.36 bits per heavy atom. The van der Waals surface area contributed by atoms with Crippen LogP contribution in [-0.4, -0.2) is 32.4 Å². The van der Waals surface area contributed by atoms with Gasteiger partial charge in [0.1, 0.15) is 0 Å². The van der Waals surface area contributed by atoms with Crippen molar-refractivity contribution >= 4 is 14.6 Å². The second-order valence-electron chi connectivity index (χ2n) is 1.29. The zero-order valence-corrected chi connectivity index (χ0v) is 7.92. The average molecular weight is 184 g/mol. The fourth-order valence-corrected chi connectivity index (χ4v) is 0.671. The number of carboxylic acid groups (broad SMARTS) is 1. The van der Waals surface area contributed by atoms with Crippen LogP contribution < -0.4 is 0 Å². The van der Waals surface area contributed by atoms with Crippen LogP contribution in [0.2, 0.25) is 0 Å². The van der Waals surface area contributed by atoms with Crippen molar-refractivity contribution < 1.29 is 23.5 Å². The number of carboxylic acids is 1. The second-order valence-corrected chi connectivity index (χ2v) is 2.83. The van der Waals surface area contributed by atoms with Gasteiger partial charge in [-0.25, -0.2) is 0 Å². The lowest BCUT2D eigenvalue weighted by molar-refractivity contribution is -0.134. The van der Waals surface area contributed by atoms with Gasteiger partial charge < -0.3 is 18.7 Å². The molecule has 0 amide bonds. The van der Waals surface area contributed by atoms with Crippen LogP contribution in [-0.2, 0) is 18.4 Å². The molecular formula is C5H13O5P. The molecule has 0 unspecified atom stereocenters. The maximum atomic E-state index is 9.00. The molecule has 0 atom stereocenters. The van der Waals surface area contributed by atoms with Crippen molar-refractivity contribution in [2.24, 2.45) is 0 Å². The summed E-state index contributed by atoms with van der Waals surface area (Å²) in [6, 6.07) is 0. The summed E-state index contributed by atoms with van der Waals surface area (Å²) in [5.74, 6) is -0.833. The Morgan fingerprint density at radius 1 is 1.18 bits per heavy atom. The van der Waals surface area contributed by atoms with Crippen LogP contribution in [0.4, 0.5) is 0 Å². The summed E-state index contributed by atoms with van der Waals surface area (Å²) in [7, 11) is 3.57. The quantitative estimate of drug-likeness (QED) is 0.668. The van der Waals surface area contributed by atoms with E-state index in [1.807, 2.05) is 0 Å². The average Bonchev–Trinajstić information content (AvgIpc) is 1.90. The van der Waals surface area contributed by atoms with Gasteiger partial charge in [0.15, 0.2) is 0 Å². The number of rotatable bonds is 3. The highest BCUT2D eigenvalue weighted by molar-refractivity contribution is 7.41. The van der Waals surface area contributed by atoms with Crippen molar-refractivity contribution in [1.29, 1.82) is 0 Å². The fourth-order valence-electron chi connectivity index (χ4n) is 0.224. The molecule has 0 aliphatic heterocycles. The Kier molecular flexibility index (Phi) is 11.9. The first-order valence-electron chi connectivity index (χ1n) is 2.70. The molecule has 0 fully saturated rings. The monoisotopic (exact) mass is 184 g/mol. The first-order chi connectivity index (χ1) is 5.08. The van der Waals surface area contributed by atoms with E-state index in [4.69, 9.17) is 9.90 Å². The molecule has 0 spiro atoms. The van der Waals surface area contributed by atoms with E-state index in [2.05, 4.69) is 13.6 Å². The lowest BCUT2D eigenvalue weighted by atomic mass is 10.9. The van der Waals surface area contributed by atoms with E-state index in [0.29, 0.717) is 0 Å². The number of hydrogen-bond donors (Lipinski definition) is 1. The Bertz CT molecular complexity index is 83.4. The molecule has 11 heavy (non-hydrogen) atoms. The maximum Gasteiger partial charge on any atom is 0.331 e. The van der Waals surface area contributed by atoms with Crippen LogP contribution in [0.25, 0.3) is 0 Å². The SMILES string of the molecule is CC(=O)O.COP(OC)OC. The lowest BCUT2D eigenvalue weighted by Crippen LogP contribution is -1.81. The number of aliphatic carboxylic acids is 1. The van der Waals surface area contributed by atoms with Gasteiger partial charge in [-0.1, -0.05) is 0 Å². The molecule has 0 radical (unpaired) electrons. The van der Waals surface area contributed by atoms with Gasteiger partial charge in [-0.05, 0) is 0 Å². The Labute approximate surface area is 67.3 Å². The molecule has 0 aromatic heterocycles. The number of hydrogen-bond acceptors (Lipinski definition) is 4. The van der Waals surface area contributed by atoms with E-state index in [9.17, 15) is 0 Å². The minimum Gasteiger partial charge on any atom is -0.481 e. The van der Waals surface area contributed by atoms with E-state index in [0.717, 1.165) is 6.92 Å². The van der Waals surface area contributed by atoms with Crippen molar-refractivity contribution in [1.82, 2.24) is 0 Å². The van der Waals surface area contributed by atoms with Crippen LogP contribution in [0.15, 0.2) is 0 Å². The van der Waals surface area contributed by atoms with Crippen LogP contribution in [0.1, 0.15) is 6.92 Å². The smallest absolute Gasteiger partial charge is 0.331 e. The predicted molar refractivity (Wildman–Crippen MR) is 41.3 cm³/mol. The van der Waals surface area contributed by atoms with E-state index >= 15 is 0 Å². The van der Waals surface area contributed by atoms with E-state index < -0.39 is 14.6 Å². The van der Waals surface area contributed by atoms with E-state index in [1.54, 1.807) is 21.3 Å². The van der Waals surface area contributed by atoms with Crippen molar-refractivity contribution in [2.75, 3.05) is 21.3 Å².